The second kappa shape index (κ2) is 19.2. The van der Waals surface area contributed by atoms with E-state index >= 15 is 4.39 Å². The third kappa shape index (κ3) is 11.8. The van der Waals surface area contributed by atoms with E-state index in [-0.39, 0.29) is 23.7 Å². The highest BCUT2D eigenvalue weighted by Crippen LogP contribution is 2.51. The Balaban J connectivity index is 1.69. The van der Waals surface area contributed by atoms with Crippen molar-refractivity contribution in [3.05, 3.63) is 62.9 Å². The molecule has 5 unspecified atom stereocenters. The van der Waals surface area contributed by atoms with Gasteiger partial charge in [0.2, 0.25) is 0 Å². The summed E-state index contributed by atoms with van der Waals surface area (Å²) in [7, 11) is 1.70. The number of H-pyrrole nitrogens is 1. The van der Waals surface area contributed by atoms with Crippen molar-refractivity contribution in [2.45, 2.75) is 147 Å². The molecule has 3 rings (SSSR count). The summed E-state index contributed by atoms with van der Waals surface area (Å²) in [5, 5.41) is 0. The van der Waals surface area contributed by atoms with Crippen LogP contribution in [-0.4, -0.2) is 61.8 Å². The van der Waals surface area contributed by atoms with Crippen LogP contribution in [0.4, 0.5) is 4.39 Å². The zero-order valence-electron chi connectivity index (χ0n) is 30.6. The maximum absolute atomic E-state index is 16.0. The second-order valence-electron chi connectivity index (χ2n) is 13.4. The molecular weight excluding hydrogens is 673 g/mol. The van der Waals surface area contributed by atoms with Crippen LogP contribution < -0.4 is 11.2 Å². The van der Waals surface area contributed by atoms with Crippen LogP contribution in [0.3, 0.4) is 0 Å². The summed E-state index contributed by atoms with van der Waals surface area (Å²) in [5.41, 5.74) is -0.273. The van der Waals surface area contributed by atoms with E-state index in [2.05, 4.69) is 49.5 Å². The Hall–Kier alpha value is -1.53. The minimum absolute atomic E-state index is 0.0155. The highest BCUT2D eigenvalue weighted by atomic mass is 33.1. The SMILES string of the molecule is [2H]CC1OC(n2ccc(=O)[nH]c2=O)C(F)C1OP(OCCc1ccccc1SSC(C)(C)CCC(=O)CC(CC)CC)N(C(C)C)C(C)C. The normalized spacial score (nSPS) is 21.1. The third-order valence-corrected chi connectivity index (χ3v) is 14.0. The minimum atomic E-state index is -1.79. The van der Waals surface area contributed by atoms with Crippen LogP contribution in [-0.2, 0) is 25.0 Å². The van der Waals surface area contributed by atoms with Crippen LogP contribution in [0.5, 0.6) is 0 Å². The van der Waals surface area contributed by atoms with E-state index in [1.54, 1.807) is 21.6 Å². The van der Waals surface area contributed by atoms with E-state index in [0.29, 0.717) is 37.6 Å². The number of hydrogen-bond donors (Lipinski definition) is 1. The second-order valence-corrected chi connectivity index (χ2v) is 17.7. The van der Waals surface area contributed by atoms with Crippen molar-refractivity contribution in [1.29, 1.82) is 0 Å². The number of nitrogens with one attached hydrogen (secondary N) is 1. The number of rotatable bonds is 20. The molecule has 0 amide bonds. The fourth-order valence-electron chi connectivity index (χ4n) is 5.57. The van der Waals surface area contributed by atoms with Gasteiger partial charge in [-0.05, 0) is 78.8 Å². The van der Waals surface area contributed by atoms with Gasteiger partial charge in [-0.2, -0.15) is 0 Å². The zero-order valence-corrected chi connectivity index (χ0v) is 32.2. The number of benzene rings is 1. The molecule has 0 aliphatic carbocycles. The van der Waals surface area contributed by atoms with Crippen LogP contribution in [0.1, 0.15) is 108 Å². The molecule has 1 saturated heterocycles. The van der Waals surface area contributed by atoms with Crippen molar-refractivity contribution in [3.63, 3.8) is 0 Å². The predicted octanol–water partition coefficient (Wildman–Crippen LogP) is 8.48. The van der Waals surface area contributed by atoms with Crippen LogP contribution in [0.15, 0.2) is 51.0 Å². The molecule has 1 aromatic heterocycles. The van der Waals surface area contributed by atoms with Crippen LogP contribution in [0.25, 0.3) is 0 Å². The number of Topliss-reactive ketones (excluding diaryl/α,β-unsaturated/α-hetero) is 1. The molecule has 2 heterocycles. The van der Waals surface area contributed by atoms with Gasteiger partial charge in [0.1, 0.15) is 11.9 Å². The monoisotopic (exact) mass is 728 g/mol. The number of carbonyl (C=O) groups is 1. The smallest absolute Gasteiger partial charge is 0.330 e. The van der Waals surface area contributed by atoms with E-state index in [1.807, 2.05) is 39.8 Å². The van der Waals surface area contributed by atoms with E-state index in [1.165, 1.54) is 6.20 Å². The van der Waals surface area contributed by atoms with Gasteiger partial charge in [-0.1, -0.05) is 66.5 Å². The summed E-state index contributed by atoms with van der Waals surface area (Å²) in [6.45, 7) is 16.8. The lowest BCUT2D eigenvalue weighted by Gasteiger charge is -2.37. The number of aromatic amines is 1. The third-order valence-electron chi connectivity index (χ3n) is 8.43. The number of aromatic nitrogens is 2. The number of ether oxygens (including phenoxy) is 1. The molecule has 48 heavy (non-hydrogen) atoms. The summed E-state index contributed by atoms with van der Waals surface area (Å²) in [6, 6.07) is 9.35. The van der Waals surface area contributed by atoms with Gasteiger partial charge in [-0.3, -0.25) is 19.1 Å². The first-order chi connectivity index (χ1) is 23.2. The molecule has 0 spiro atoms. The van der Waals surface area contributed by atoms with Gasteiger partial charge in [0.25, 0.3) is 14.1 Å². The number of halogens is 1. The molecular formula is C35H55FN3O6PS2. The van der Waals surface area contributed by atoms with Crippen molar-refractivity contribution in [2.24, 2.45) is 5.92 Å². The van der Waals surface area contributed by atoms with Gasteiger partial charge in [-0.15, -0.1) is 0 Å². The molecule has 1 N–H and O–H groups in total. The predicted molar refractivity (Wildman–Crippen MR) is 196 cm³/mol. The van der Waals surface area contributed by atoms with Crippen molar-refractivity contribution >= 4 is 35.9 Å². The first-order valence-corrected chi connectivity index (χ1v) is 20.2. The fraction of sp³-hybridized carbons (Fsp3) is 0.686. The summed E-state index contributed by atoms with van der Waals surface area (Å²) >= 11 is 0. The molecule has 9 nitrogen and oxygen atoms in total. The molecule has 0 radical (unpaired) electrons. The Morgan fingerprint density at radius 3 is 2.48 bits per heavy atom. The summed E-state index contributed by atoms with van der Waals surface area (Å²) in [5.74, 6) is 0.819. The molecule has 1 aliphatic heterocycles. The average molecular weight is 729 g/mol. The number of hydrogen-bond acceptors (Lipinski definition) is 9. The van der Waals surface area contributed by atoms with Crippen LogP contribution in [0, 0.1) is 5.92 Å². The van der Waals surface area contributed by atoms with Gasteiger partial charge < -0.3 is 13.8 Å². The minimum Gasteiger partial charge on any atom is -0.349 e. The molecule has 1 fully saturated rings. The molecule has 1 aliphatic rings. The average Bonchev–Trinajstić information content (AvgIpc) is 3.36. The lowest BCUT2D eigenvalue weighted by atomic mass is 9.94. The van der Waals surface area contributed by atoms with E-state index in [9.17, 15) is 14.4 Å². The highest BCUT2D eigenvalue weighted by molar-refractivity contribution is 8.77. The zero-order chi connectivity index (χ0) is 36.3. The Labute approximate surface area is 296 Å². The summed E-state index contributed by atoms with van der Waals surface area (Å²) in [4.78, 5) is 39.9. The molecule has 0 saturated carbocycles. The van der Waals surface area contributed by atoms with Gasteiger partial charge in [0.15, 0.2) is 12.4 Å². The van der Waals surface area contributed by atoms with Crippen LogP contribution >= 0.6 is 30.1 Å². The van der Waals surface area contributed by atoms with E-state index in [4.69, 9.17) is 15.2 Å². The Morgan fingerprint density at radius 2 is 1.85 bits per heavy atom. The quantitative estimate of drug-likeness (QED) is 0.106. The summed E-state index contributed by atoms with van der Waals surface area (Å²) in [6.07, 6.45) is 0.717. The molecule has 5 atom stereocenters. The van der Waals surface area contributed by atoms with Crippen molar-refractivity contribution in [3.8, 4) is 0 Å². The van der Waals surface area contributed by atoms with Gasteiger partial charge >= 0.3 is 5.69 Å². The number of carbonyl (C=O) groups excluding carboxylic acids is 1. The number of alkyl halides is 1. The fourth-order valence-corrected chi connectivity index (χ4v) is 9.93. The number of nitrogens with zero attached hydrogens (tertiary/aromatic N) is 2. The molecule has 0 bridgehead atoms. The molecule has 13 heteroatoms. The highest BCUT2D eigenvalue weighted by Gasteiger charge is 2.48. The lowest BCUT2D eigenvalue weighted by molar-refractivity contribution is -0.120. The largest absolute Gasteiger partial charge is 0.349 e. The maximum Gasteiger partial charge on any atom is 0.330 e. The Morgan fingerprint density at radius 1 is 1.17 bits per heavy atom. The molecule has 2 aromatic rings. The van der Waals surface area contributed by atoms with E-state index in [0.717, 1.165) is 40.4 Å². The molecule has 1 aromatic carbocycles. The topological polar surface area (TPSA) is 103 Å². The van der Waals surface area contributed by atoms with E-state index < -0.39 is 44.4 Å². The standard InChI is InChI=1S/C35H55FN3O6PS2/c1-10-26(11-2)22-28(40)16-19-35(8,9)48-47-29-15-13-12-14-27(29)18-21-43-46(39(23(3)4)24(5)6)45-32-25(7)44-33(31(32)36)38-20-17-30(41)37-34(38)42/h12-15,17,20,23-26,31-33H,10-11,16,18-19,21-22H2,1-9H3,(H,37,41,42)/i7D. The van der Waals surface area contributed by atoms with Crippen LogP contribution in [0.2, 0.25) is 0 Å². The van der Waals surface area contributed by atoms with Crippen molar-refractivity contribution in [2.75, 3.05) is 6.61 Å². The Bertz CT molecular complexity index is 1430. The van der Waals surface area contributed by atoms with Crippen molar-refractivity contribution in [1.82, 2.24) is 14.2 Å². The lowest BCUT2D eigenvalue weighted by Crippen LogP contribution is -2.38. The summed E-state index contributed by atoms with van der Waals surface area (Å²) < 4.78 is 45.7. The maximum atomic E-state index is 16.0. The Kier molecular flexibility index (Phi) is 15.7. The first kappa shape index (κ1) is 39.3. The van der Waals surface area contributed by atoms with Gasteiger partial charge in [-0.25, -0.2) is 13.9 Å². The molecule has 270 valence electrons. The van der Waals surface area contributed by atoms with Gasteiger partial charge in [0.05, 0.1) is 12.7 Å². The first-order valence-electron chi connectivity index (χ1n) is 17.7. The number of ketones is 1. The van der Waals surface area contributed by atoms with Gasteiger partial charge in [0, 0.05) is 48.2 Å². The van der Waals surface area contributed by atoms with Crippen molar-refractivity contribution < 1.29 is 24.3 Å².